The molecule has 0 radical (unpaired) electrons. The lowest BCUT2D eigenvalue weighted by Gasteiger charge is -2.24. The Morgan fingerprint density at radius 3 is 2.55 bits per heavy atom. The van der Waals surface area contributed by atoms with Gasteiger partial charge in [0.25, 0.3) is 5.91 Å². The molecule has 2 N–H and O–H groups in total. The molecule has 5 heteroatoms. The second-order valence-corrected chi connectivity index (χ2v) is 5.40. The van der Waals surface area contributed by atoms with Gasteiger partial charge in [-0.05, 0) is 48.4 Å². The Bertz CT molecular complexity index is 756. The van der Waals surface area contributed by atoms with E-state index in [0.29, 0.717) is 17.7 Å². The Hall–Kier alpha value is -2.69. The number of benzene rings is 2. The number of halogens is 1. The number of hydrogen-bond donors (Lipinski definition) is 1. The molecule has 0 aromatic heterocycles. The predicted molar refractivity (Wildman–Crippen MR) is 79.6 cm³/mol. The zero-order chi connectivity index (χ0) is 15.9. The van der Waals surface area contributed by atoms with Crippen LogP contribution in [0.25, 0.3) is 0 Å². The van der Waals surface area contributed by atoms with Crippen molar-refractivity contribution in [3.05, 3.63) is 70.5 Å². The molecule has 0 saturated heterocycles. The van der Waals surface area contributed by atoms with Crippen LogP contribution in [0.4, 0.5) is 4.39 Å². The van der Waals surface area contributed by atoms with E-state index in [4.69, 9.17) is 5.73 Å². The van der Waals surface area contributed by atoms with Crippen molar-refractivity contribution in [2.45, 2.75) is 19.5 Å². The summed E-state index contributed by atoms with van der Waals surface area (Å²) in [6.45, 7) is 2.31. The van der Waals surface area contributed by atoms with Gasteiger partial charge in [0.1, 0.15) is 5.82 Å². The van der Waals surface area contributed by atoms with E-state index in [0.717, 1.165) is 11.1 Å². The van der Waals surface area contributed by atoms with Crippen molar-refractivity contribution in [2.24, 2.45) is 5.73 Å². The van der Waals surface area contributed by atoms with Crippen LogP contribution in [0.5, 0.6) is 0 Å². The summed E-state index contributed by atoms with van der Waals surface area (Å²) in [5, 5.41) is 0. The number of nitrogens with zero attached hydrogens (tertiary/aromatic N) is 1. The van der Waals surface area contributed by atoms with Crippen molar-refractivity contribution >= 4 is 11.8 Å². The van der Waals surface area contributed by atoms with Gasteiger partial charge in [0.05, 0.1) is 6.04 Å². The third-order valence-electron chi connectivity index (χ3n) is 4.04. The van der Waals surface area contributed by atoms with Crippen molar-refractivity contribution in [2.75, 3.05) is 0 Å². The fourth-order valence-electron chi connectivity index (χ4n) is 2.73. The SMILES string of the molecule is C[C@@H](c1ccc(F)cc1)N1Cc2cc(C(N)=O)ccc2C1=O. The molecular weight excluding hydrogens is 283 g/mol. The highest BCUT2D eigenvalue weighted by atomic mass is 19.1. The number of fused-ring (bicyclic) bond motifs is 1. The number of primary amides is 1. The lowest BCUT2D eigenvalue weighted by atomic mass is 10.1. The van der Waals surface area contributed by atoms with Gasteiger partial charge in [-0.25, -0.2) is 4.39 Å². The van der Waals surface area contributed by atoms with E-state index >= 15 is 0 Å². The lowest BCUT2D eigenvalue weighted by Crippen LogP contribution is -2.27. The lowest BCUT2D eigenvalue weighted by molar-refractivity contribution is 0.0715. The first-order valence-corrected chi connectivity index (χ1v) is 6.96. The average molecular weight is 298 g/mol. The number of hydrogen-bond acceptors (Lipinski definition) is 2. The summed E-state index contributed by atoms with van der Waals surface area (Å²) in [6, 6.07) is 10.8. The van der Waals surface area contributed by atoms with Crippen LogP contribution in [0.1, 0.15) is 44.8 Å². The van der Waals surface area contributed by atoms with Crippen LogP contribution in [0.2, 0.25) is 0 Å². The summed E-state index contributed by atoms with van der Waals surface area (Å²) >= 11 is 0. The van der Waals surface area contributed by atoms with E-state index in [-0.39, 0.29) is 17.8 Å². The average Bonchev–Trinajstić information content (AvgIpc) is 2.84. The first kappa shape index (κ1) is 14.3. The zero-order valence-corrected chi connectivity index (χ0v) is 12.0. The highest BCUT2D eigenvalue weighted by Gasteiger charge is 2.31. The number of rotatable bonds is 3. The molecule has 0 bridgehead atoms. The molecule has 22 heavy (non-hydrogen) atoms. The van der Waals surface area contributed by atoms with Crippen molar-refractivity contribution in [3.63, 3.8) is 0 Å². The van der Waals surface area contributed by atoms with Gasteiger partial charge >= 0.3 is 0 Å². The molecule has 1 heterocycles. The van der Waals surface area contributed by atoms with Crippen molar-refractivity contribution < 1.29 is 14.0 Å². The Morgan fingerprint density at radius 2 is 1.91 bits per heavy atom. The second kappa shape index (κ2) is 5.26. The molecule has 4 nitrogen and oxygen atoms in total. The summed E-state index contributed by atoms with van der Waals surface area (Å²) in [7, 11) is 0. The van der Waals surface area contributed by atoms with E-state index in [1.807, 2.05) is 6.92 Å². The van der Waals surface area contributed by atoms with E-state index in [1.54, 1.807) is 35.2 Å². The molecule has 0 aliphatic carbocycles. The van der Waals surface area contributed by atoms with Crippen LogP contribution in [0.15, 0.2) is 42.5 Å². The first-order valence-electron chi connectivity index (χ1n) is 6.96. The van der Waals surface area contributed by atoms with E-state index < -0.39 is 5.91 Å². The van der Waals surface area contributed by atoms with Crippen LogP contribution in [-0.4, -0.2) is 16.7 Å². The Labute approximate surface area is 127 Å². The summed E-state index contributed by atoms with van der Waals surface area (Å²) in [5.41, 5.74) is 7.89. The molecule has 0 saturated carbocycles. The van der Waals surface area contributed by atoms with Gasteiger partial charge in [0, 0.05) is 17.7 Å². The summed E-state index contributed by atoms with van der Waals surface area (Å²) in [4.78, 5) is 25.4. The van der Waals surface area contributed by atoms with Gasteiger partial charge in [-0.2, -0.15) is 0 Å². The monoisotopic (exact) mass is 298 g/mol. The molecule has 2 aromatic rings. The highest BCUT2D eigenvalue weighted by Crippen LogP contribution is 2.31. The molecule has 3 rings (SSSR count). The Morgan fingerprint density at radius 1 is 1.23 bits per heavy atom. The quantitative estimate of drug-likeness (QED) is 0.946. The first-order chi connectivity index (χ1) is 10.5. The van der Waals surface area contributed by atoms with Crippen LogP contribution >= 0.6 is 0 Å². The van der Waals surface area contributed by atoms with E-state index in [2.05, 4.69) is 0 Å². The third-order valence-corrected chi connectivity index (χ3v) is 4.04. The van der Waals surface area contributed by atoms with Gasteiger partial charge in [-0.15, -0.1) is 0 Å². The minimum absolute atomic E-state index is 0.0946. The van der Waals surface area contributed by atoms with Crippen molar-refractivity contribution in [3.8, 4) is 0 Å². The van der Waals surface area contributed by atoms with E-state index in [1.165, 1.54) is 12.1 Å². The number of nitrogens with two attached hydrogens (primary N) is 1. The Kier molecular flexibility index (Phi) is 3.41. The zero-order valence-electron chi connectivity index (χ0n) is 12.0. The Balaban J connectivity index is 1.90. The minimum atomic E-state index is -0.514. The molecule has 1 aliphatic heterocycles. The summed E-state index contributed by atoms with van der Waals surface area (Å²) in [6.07, 6.45) is 0. The molecular formula is C17H15FN2O2. The fraction of sp³-hybridized carbons (Fsp3) is 0.176. The number of amides is 2. The molecule has 0 unspecified atom stereocenters. The van der Waals surface area contributed by atoms with E-state index in [9.17, 15) is 14.0 Å². The third kappa shape index (κ3) is 2.35. The fourth-order valence-corrected chi connectivity index (χ4v) is 2.73. The molecule has 2 aromatic carbocycles. The summed E-state index contributed by atoms with van der Waals surface area (Å²) < 4.78 is 13.0. The molecule has 0 fully saturated rings. The maximum Gasteiger partial charge on any atom is 0.255 e. The molecule has 1 aliphatic rings. The molecule has 0 spiro atoms. The smallest absolute Gasteiger partial charge is 0.255 e. The van der Waals surface area contributed by atoms with Crippen LogP contribution in [0, 0.1) is 5.82 Å². The van der Waals surface area contributed by atoms with Crippen LogP contribution < -0.4 is 5.73 Å². The standard InChI is InChI=1S/C17H15FN2O2/c1-10(11-2-5-14(18)6-3-11)20-9-13-8-12(16(19)21)4-7-15(13)17(20)22/h2-8,10H,9H2,1H3,(H2,19,21)/t10-/m0/s1. The van der Waals surface area contributed by atoms with Gasteiger partial charge in [-0.1, -0.05) is 12.1 Å². The molecule has 2 amide bonds. The van der Waals surface area contributed by atoms with Crippen LogP contribution in [0.3, 0.4) is 0 Å². The largest absolute Gasteiger partial charge is 0.366 e. The summed E-state index contributed by atoms with van der Waals surface area (Å²) in [5.74, 6) is -0.916. The van der Waals surface area contributed by atoms with Gasteiger partial charge in [0.15, 0.2) is 0 Å². The van der Waals surface area contributed by atoms with Crippen molar-refractivity contribution in [1.29, 1.82) is 0 Å². The normalized spacial score (nSPS) is 14.8. The van der Waals surface area contributed by atoms with Gasteiger partial charge in [0.2, 0.25) is 5.91 Å². The highest BCUT2D eigenvalue weighted by molar-refractivity contribution is 6.00. The topological polar surface area (TPSA) is 63.4 Å². The minimum Gasteiger partial charge on any atom is -0.366 e. The van der Waals surface area contributed by atoms with Crippen molar-refractivity contribution in [1.82, 2.24) is 4.90 Å². The maximum atomic E-state index is 13.0. The molecule has 112 valence electrons. The van der Waals surface area contributed by atoms with Crippen LogP contribution in [-0.2, 0) is 6.54 Å². The maximum absolute atomic E-state index is 13.0. The second-order valence-electron chi connectivity index (χ2n) is 5.40. The molecule has 1 atom stereocenters. The number of carbonyl (C=O) groups excluding carboxylic acids is 2. The number of carbonyl (C=O) groups is 2. The van der Waals surface area contributed by atoms with Gasteiger partial charge < -0.3 is 10.6 Å². The van der Waals surface area contributed by atoms with Gasteiger partial charge in [-0.3, -0.25) is 9.59 Å². The predicted octanol–water partition coefficient (Wildman–Crippen LogP) is 2.64.